The minimum Gasteiger partial charge on any atom is -0.496 e. The predicted molar refractivity (Wildman–Crippen MR) is 95.5 cm³/mol. The topological polar surface area (TPSA) is 53.6 Å². The van der Waals surface area contributed by atoms with Crippen LogP contribution in [0.2, 0.25) is 0 Å². The zero-order chi connectivity index (χ0) is 15.8. The van der Waals surface area contributed by atoms with E-state index in [0.29, 0.717) is 19.1 Å². The normalized spacial score (nSPS) is 18.1. The maximum absolute atomic E-state index is 12.0. The van der Waals surface area contributed by atoms with Crippen LogP contribution in [-0.2, 0) is 11.2 Å². The van der Waals surface area contributed by atoms with E-state index in [1.807, 2.05) is 31.3 Å². The molecule has 6 heteroatoms. The maximum atomic E-state index is 12.0. The molecular formula is C17H28ClN3O2. The van der Waals surface area contributed by atoms with Gasteiger partial charge in [0.2, 0.25) is 5.91 Å². The third-order valence-corrected chi connectivity index (χ3v) is 4.19. The minimum absolute atomic E-state index is 0. The van der Waals surface area contributed by atoms with E-state index in [1.54, 1.807) is 7.11 Å². The molecule has 0 radical (unpaired) electrons. The zero-order valence-electron chi connectivity index (χ0n) is 14.0. The Morgan fingerprint density at radius 3 is 2.91 bits per heavy atom. The summed E-state index contributed by atoms with van der Waals surface area (Å²) in [5, 5.41) is 6.30. The first kappa shape index (κ1) is 19.7. The second kappa shape index (κ2) is 10.5. The number of ether oxygens (including phenoxy) is 1. The number of methoxy groups -OCH3 is 1. The Bertz CT molecular complexity index is 485. The van der Waals surface area contributed by atoms with E-state index in [-0.39, 0.29) is 18.3 Å². The lowest BCUT2D eigenvalue weighted by atomic mass is 10.1. The zero-order valence-corrected chi connectivity index (χ0v) is 14.8. The molecule has 0 aromatic heterocycles. The van der Waals surface area contributed by atoms with Crippen LogP contribution in [0.5, 0.6) is 5.75 Å². The number of likely N-dealkylation sites (N-methyl/N-ethyl adjacent to an activating group) is 1. The fourth-order valence-corrected chi connectivity index (χ4v) is 2.94. The molecule has 1 saturated heterocycles. The second-order valence-corrected chi connectivity index (χ2v) is 5.77. The number of piperidine rings is 1. The lowest BCUT2D eigenvalue weighted by molar-refractivity contribution is -0.122. The molecule has 1 aliphatic heterocycles. The number of carbonyl (C=O) groups is 1. The largest absolute Gasteiger partial charge is 0.496 e. The van der Waals surface area contributed by atoms with E-state index in [1.165, 1.54) is 6.42 Å². The van der Waals surface area contributed by atoms with Crippen LogP contribution in [-0.4, -0.2) is 57.2 Å². The van der Waals surface area contributed by atoms with Crippen LogP contribution in [0.3, 0.4) is 0 Å². The van der Waals surface area contributed by atoms with Gasteiger partial charge in [-0.1, -0.05) is 18.2 Å². The number of nitrogens with zero attached hydrogens (tertiary/aromatic N) is 1. The quantitative estimate of drug-likeness (QED) is 0.788. The summed E-state index contributed by atoms with van der Waals surface area (Å²) in [6.45, 7) is 3.10. The predicted octanol–water partition coefficient (Wildman–Crippen LogP) is 1.46. The van der Waals surface area contributed by atoms with Crippen LogP contribution in [0.25, 0.3) is 0 Å². The summed E-state index contributed by atoms with van der Waals surface area (Å²) in [6, 6.07) is 8.44. The Morgan fingerprint density at radius 1 is 1.39 bits per heavy atom. The lowest BCUT2D eigenvalue weighted by Crippen LogP contribution is -2.48. The first-order chi connectivity index (χ1) is 10.7. The Balaban J connectivity index is 0.00000264. The molecule has 1 aromatic carbocycles. The summed E-state index contributed by atoms with van der Waals surface area (Å²) < 4.78 is 5.32. The number of likely N-dealkylation sites (tertiary alicyclic amines) is 1. The van der Waals surface area contributed by atoms with E-state index in [4.69, 9.17) is 4.74 Å². The van der Waals surface area contributed by atoms with Crippen molar-refractivity contribution in [3.63, 3.8) is 0 Å². The van der Waals surface area contributed by atoms with Gasteiger partial charge in [-0.05, 0) is 44.5 Å². The average molecular weight is 342 g/mol. The molecule has 2 rings (SSSR count). The summed E-state index contributed by atoms with van der Waals surface area (Å²) in [4.78, 5) is 14.3. The smallest absolute Gasteiger partial charge is 0.234 e. The molecule has 0 aliphatic carbocycles. The van der Waals surface area contributed by atoms with Crippen molar-refractivity contribution in [1.82, 2.24) is 15.5 Å². The molecular weight excluding hydrogens is 314 g/mol. The summed E-state index contributed by atoms with van der Waals surface area (Å²) in [5.41, 5.74) is 1.12. The standard InChI is InChI=1S/C17H27N3O2.ClH/c1-18-15-7-5-11-20(12-15)13-17(21)19-10-9-14-6-3-4-8-16(14)22-2;/h3-4,6,8,15,18H,5,7,9-13H2,1-2H3,(H,19,21);1H. The molecule has 0 spiro atoms. The highest BCUT2D eigenvalue weighted by molar-refractivity contribution is 5.85. The van der Waals surface area contributed by atoms with E-state index in [0.717, 1.165) is 37.2 Å². The van der Waals surface area contributed by atoms with Gasteiger partial charge in [-0.2, -0.15) is 0 Å². The van der Waals surface area contributed by atoms with Gasteiger partial charge >= 0.3 is 0 Å². The Labute approximate surface area is 145 Å². The van der Waals surface area contributed by atoms with Gasteiger partial charge in [-0.3, -0.25) is 9.69 Å². The van der Waals surface area contributed by atoms with Crippen LogP contribution in [0.4, 0.5) is 0 Å². The molecule has 1 aromatic rings. The fraction of sp³-hybridized carbons (Fsp3) is 0.588. The van der Waals surface area contributed by atoms with Gasteiger partial charge < -0.3 is 15.4 Å². The van der Waals surface area contributed by atoms with Crippen LogP contribution < -0.4 is 15.4 Å². The molecule has 1 fully saturated rings. The highest BCUT2D eigenvalue weighted by Crippen LogP contribution is 2.17. The molecule has 1 aliphatic rings. The average Bonchev–Trinajstić information content (AvgIpc) is 2.55. The van der Waals surface area contributed by atoms with Crippen molar-refractivity contribution in [2.45, 2.75) is 25.3 Å². The number of hydrogen-bond donors (Lipinski definition) is 2. The summed E-state index contributed by atoms with van der Waals surface area (Å²) in [6.07, 6.45) is 3.14. The number of carbonyl (C=O) groups excluding carboxylic acids is 1. The monoisotopic (exact) mass is 341 g/mol. The van der Waals surface area contributed by atoms with Gasteiger partial charge in [0, 0.05) is 19.1 Å². The number of hydrogen-bond acceptors (Lipinski definition) is 4. The van der Waals surface area contributed by atoms with Crippen LogP contribution in [0.15, 0.2) is 24.3 Å². The van der Waals surface area contributed by atoms with Crippen LogP contribution >= 0.6 is 12.4 Å². The number of amides is 1. The Kier molecular flexibility index (Phi) is 8.99. The van der Waals surface area contributed by atoms with Crippen molar-refractivity contribution in [3.8, 4) is 5.75 Å². The number of para-hydroxylation sites is 1. The van der Waals surface area contributed by atoms with Gasteiger partial charge in [0.1, 0.15) is 5.75 Å². The Morgan fingerprint density at radius 2 is 2.17 bits per heavy atom. The van der Waals surface area contributed by atoms with Crippen molar-refractivity contribution < 1.29 is 9.53 Å². The van der Waals surface area contributed by atoms with Crippen molar-refractivity contribution >= 4 is 18.3 Å². The summed E-state index contributed by atoms with van der Waals surface area (Å²) in [7, 11) is 3.66. The van der Waals surface area contributed by atoms with E-state index in [2.05, 4.69) is 15.5 Å². The third-order valence-electron chi connectivity index (χ3n) is 4.19. The first-order valence-corrected chi connectivity index (χ1v) is 8.01. The number of nitrogens with one attached hydrogen (secondary N) is 2. The third kappa shape index (κ3) is 6.37. The van der Waals surface area contributed by atoms with Crippen molar-refractivity contribution in [2.24, 2.45) is 0 Å². The summed E-state index contributed by atoms with van der Waals surface area (Å²) >= 11 is 0. The second-order valence-electron chi connectivity index (χ2n) is 5.77. The maximum Gasteiger partial charge on any atom is 0.234 e. The first-order valence-electron chi connectivity index (χ1n) is 8.01. The molecule has 130 valence electrons. The van der Waals surface area contributed by atoms with Gasteiger partial charge in [0.05, 0.1) is 13.7 Å². The van der Waals surface area contributed by atoms with E-state index in [9.17, 15) is 4.79 Å². The molecule has 23 heavy (non-hydrogen) atoms. The van der Waals surface area contributed by atoms with Crippen LogP contribution in [0, 0.1) is 0 Å². The van der Waals surface area contributed by atoms with Crippen molar-refractivity contribution in [2.75, 3.05) is 40.3 Å². The molecule has 2 N–H and O–H groups in total. The molecule has 0 saturated carbocycles. The molecule has 5 nitrogen and oxygen atoms in total. The molecule has 1 amide bonds. The molecule has 1 atom stereocenters. The SMILES string of the molecule is CNC1CCCN(CC(=O)NCCc2ccccc2OC)C1.Cl. The van der Waals surface area contributed by atoms with E-state index < -0.39 is 0 Å². The van der Waals surface area contributed by atoms with Crippen molar-refractivity contribution in [1.29, 1.82) is 0 Å². The van der Waals surface area contributed by atoms with Gasteiger partial charge in [0.15, 0.2) is 0 Å². The van der Waals surface area contributed by atoms with Crippen LogP contribution in [0.1, 0.15) is 18.4 Å². The highest BCUT2D eigenvalue weighted by atomic mass is 35.5. The molecule has 1 heterocycles. The van der Waals surface area contributed by atoms with Gasteiger partial charge in [0.25, 0.3) is 0 Å². The number of benzene rings is 1. The summed E-state index contributed by atoms with van der Waals surface area (Å²) in [5.74, 6) is 0.983. The Hall–Kier alpha value is -1.30. The minimum atomic E-state index is 0. The number of halogens is 1. The number of rotatable bonds is 7. The van der Waals surface area contributed by atoms with E-state index >= 15 is 0 Å². The molecule has 1 unspecified atom stereocenters. The van der Waals surface area contributed by atoms with Gasteiger partial charge in [-0.25, -0.2) is 0 Å². The highest BCUT2D eigenvalue weighted by Gasteiger charge is 2.20. The molecule has 0 bridgehead atoms. The van der Waals surface area contributed by atoms with Crippen molar-refractivity contribution in [3.05, 3.63) is 29.8 Å². The fourth-order valence-electron chi connectivity index (χ4n) is 2.94. The van der Waals surface area contributed by atoms with Gasteiger partial charge in [-0.15, -0.1) is 12.4 Å². The lowest BCUT2D eigenvalue weighted by Gasteiger charge is -2.31.